The first-order valence-electron chi connectivity index (χ1n) is 6.29. The van der Waals surface area contributed by atoms with Gasteiger partial charge in [0, 0.05) is 12.7 Å². The predicted molar refractivity (Wildman–Crippen MR) is 77.7 cm³/mol. The minimum absolute atomic E-state index is 0.686. The van der Waals surface area contributed by atoms with E-state index in [2.05, 4.69) is 20.3 Å². The molecule has 0 unspecified atom stereocenters. The molecule has 0 bridgehead atoms. The molecular formula is C15H14N4O. The molecule has 0 aliphatic carbocycles. The zero-order valence-electron chi connectivity index (χ0n) is 11.1. The molecule has 1 N–H and O–H groups in total. The fraction of sp³-hybridized carbons (Fsp3) is 0.133. The monoisotopic (exact) mass is 266 g/mol. The van der Waals surface area contributed by atoms with Gasteiger partial charge in [-0.1, -0.05) is 12.1 Å². The third-order valence-electron chi connectivity index (χ3n) is 3.03. The van der Waals surface area contributed by atoms with Gasteiger partial charge in [0.15, 0.2) is 5.65 Å². The molecule has 0 amide bonds. The maximum absolute atomic E-state index is 5.14. The molecule has 0 saturated heterocycles. The van der Waals surface area contributed by atoms with Crippen molar-refractivity contribution >= 4 is 16.9 Å². The Morgan fingerprint density at radius 2 is 1.90 bits per heavy atom. The number of benzene rings is 1. The Morgan fingerprint density at radius 1 is 1.05 bits per heavy atom. The van der Waals surface area contributed by atoms with Gasteiger partial charge >= 0.3 is 0 Å². The molecule has 1 aromatic carbocycles. The third kappa shape index (κ3) is 2.51. The van der Waals surface area contributed by atoms with E-state index in [1.807, 2.05) is 36.4 Å². The van der Waals surface area contributed by atoms with Crippen molar-refractivity contribution in [3.8, 4) is 5.75 Å². The fourth-order valence-electron chi connectivity index (χ4n) is 1.97. The summed E-state index contributed by atoms with van der Waals surface area (Å²) in [6.07, 6.45) is 3.24. The van der Waals surface area contributed by atoms with E-state index in [-0.39, 0.29) is 0 Å². The van der Waals surface area contributed by atoms with Crippen LogP contribution in [-0.2, 0) is 6.54 Å². The van der Waals surface area contributed by atoms with E-state index in [0.717, 1.165) is 22.5 Å². The van der Waals surface area contributed by atoms with Crippen molar-refractivity contribution in [3.05, 3.63) is 54.5 Å². The van der Waals surface area contributed by atoms with E-state index in [1.165, 1.54) is 6.33 Å². The Balaban J connectivity index is 1.79. The van der Waals surface area contributed by atoms with Crippen LogP contribution < -0.4 is 10.1 Å². The van der Waals surface area contributed by atoms with E-state index < -0.39 is 0 Å². The molecule has 0 atom stereocenters. The smallest absolute Gasteiger partial charge is 0.164 e. The number of ether oxygens (including phenoxy) is 1. The first-order chi connectivity index (χ1) is 9.86. The van der Waals surface area contributed by atoms with Crippen LogP contribution in [0.2, 0.25) is 0 Å². The van der Waals surface area contributed by atoms with Crippen LogP contribution in [0.4, 0.5) is 5.82 Å². The summed E-state index contributed by atoms with van der Waals surface area (Å²) in [7, 11) is 1.66. The van der Waals surface area contributed by atoms with E-state index in [9.17, 15) is 0 Å². The highest BCUT2D eigenvalue weighted by atomic mass is 16.5. The summed E-state index contributed by atoms with van der Waals surface area (Å²) in [6.45, 7) is 0.686. The quantitative estimate of drug-likeness (QED) is 0.786. The average molecular weight is 266 g/mol. The molecule has 3 rings (SSSR count). The number of hydrogen-bond donors (Lipinski definition) is 1. The number of aromatic nitrogens is 3. The molecule has 0 aliphatic heterocycles. The van der Waals surface area contributed by atoms with Gasteiger partial charge < -0.3 is 10.1 Å². The maximum atomic E-state index is 5.14. The molecule has 0 radical (unpaired) electrons. The van der Waals surface area contributed by atoms with Crippen molar-refractivity contribution in [3.63, 3.8) is 0 Å². The highest BCUT2D eigenvalue weighted by molar-refractivity contribution is 5.85. The van der Waals surface area contributed by atoms with Crippen LogP contribution >= 0.6 is 0 Å². The number of pyridine rings is 1. The molecular weight excluding hydrogens is 252 g/mol. The Morgan fingerprint density at radius 3 is 2.70 bits per heavy atom. The topological polar surface area (TPSA) is 59.9 Å². The summed E-state index contributed by atoms with van der Waals surface area (Å²) < 4.78 is 5.14. The lowest BCUT2D eigenvalue weighted by molar-refractivity contribution is 0.414. The molecule has 0 spiro atoms. The first-order valence-corrected chi connectivity index (χ1v) is 6.29. The van der Waals surface area contributed by atoms with E-state index in [0.29, 0.717) is 12.2 Å². The average Bonchev–Trinajstić information content (AvgIpc) is 2.53. The first kappa shape index (κ1) is 12.3. The van der Waals surface area contributed by atoms with Crippen LogP contribution in [0.5, 0.6) is 5.75 Å². The SMILES string of the molecule is COc1ccc(CNc2ncnc3ncccc23)cc1. The van der Waals surface area contributed by atoms with Gasteiger partial charge in [0.25, 0.3) is 0 Å². The Kier molecular flexibility index (Phi) is 3.41. The number of fused-ring (bicyclic) bond motifs is 1. The van der Waals surface area contributed by atoms with Gasteiger partial charge in [-0.25, -0.2) is 15.0 Å². The Labute approximate surface area is 116 Å². The van der Waals surface area contributed by atoms with Gasteiger partial charge in [-0.05, 0) is 29.8 Å². The molecule has 5 heteroatoms. The molecule has 5 nitrogen and oxygen atoms in total. The zero-order valence-corrected chi connectivity index (χ0v) is 11.1. The lowest BCUT2D eigenvalue weighted by Crippen LogP contribution is -2.02. The van der Waals surface area contributed by atoms with E-state index in [1.54, 1.807) is 13.3 Å². The minimum Gasteiger partial charge on any atom is -0.497 e. The van der Waals surface area contributed by atoms with Crippen molar-refractivity contribution in [2.24, 2.45) is 0 Å². The fourth-order valence-corrected chi connectivity index (χ4v) is 1.97. The van der Waals surface area contributed by atoms with Crippen molar-refractivity contribution < 1.29 is 4.74 Å². The summed E-state index contributed by atoms with van der Waals surface area (Å²) in [4.78, 5) is 12.6. The molecule has 2 heterocycles. The molecule has 100 valence electrons. The second-order valence-electron chi connectivity index (χ2n) is 4.30. The number of hydrogen-bond acceptors (Lipinski definition) is 5. The zero-order chi connectivity index (χ0) is 13.8. The molecule has 0 fully saturated rings. The number of nitrogens with one attached hydrogen (secondary N) is 1. The van der Waals surface area contributed by atoms with Crippen molar-refractivity contribution in [1.29, 1.82) is 0 Å². The van der Waals surface area contributed by atoms with E-state index >= 15 is 0 Å². The lowest BCUT2D eigenvalue weighted by atomic mass is 10.2. The van der Waals surface area contributed by atoms with Gasteiger partial charge in [-0.2, -0.15) is 0 Å². The maximum Gasteiger partial charge on any atom is 0.164 e. The number of rotatable bonds is 4. The van der Waals surface area contributed by atoms with Crippen molar-refractivity contribution in [2.75, 3.05) is 12.4 Å². The molecule has 0 saturated carbocycles. The van der Waals surface area contributed by atoms with Gasteiger partial charge in [0.2, 0.25) is 0 Å². The van der Waals surface area contributed by atoms with Crippen LogP contribution in [0.1, 0.15) is 5.56 Å². The van der Waals surface area contributed by atoms with Gasteiger partial charge in [0.1, 0.15) is 17.9 Å². The number of nitrogens with zero attached hydrogens (tertiary/aromatic N) is 3. The molecule has 2 aromatic heterocycles. The van der Waals surface area contributed by atoms with Crippen LogP contribution in [0.3, 0.4) is 0 Å². The van der Waals surface area contributed by atoms with E-state index in [4.69, 9.17) is 4.74 Å². The molecule has 3 aromatic rings. The van der Waals surface area contributed by atoms with Crippen LogP contribution in [-0.4, -0.2) is 22.1 Å². The van der Waals surface area contributed by atoms with Crippen molar-refractivity contribution in [1.82, 2.24) is 15.0 Å². The summed E-state index contributed by atoms with van der Waals surface area (Å²) in [5.41, 5.74) is 1.85. The second-order valence-corrected chi connectivity index (χ2v) is 4.30. The summed E-state index contributed by atoms with van der Waals surface area (Å²) >= 11 is 0. The van der Waals surface area contributed by atoms with Crippen molar-refractivity contribution in [2.45, 2.75) is 6.54 Å². The Bertz CT molecular complexity index is 707. The lowest BCUT2D eigenvalue weighted by Gasteiger charge is -2.08. The third-order valence-corrected chi connectivity index (χ3v) is 3.03. The van der Waals surface area contributed by atoms with Gasteiger partial charge in [-0.15, -0.1) is 0 Å². The predicted octanol–water partition coefficient (Wildman–Crippen LogP) is 2.65. The molecule has 0 aliphatic rings. The summed E-state index contributed by atoms with van der Waals surface area (Å²) in [6, 6.07) is 11.8. The van der Waals surface area contributed by atoms with Gasteiger partial charge in [0.05, 0.1) is 12.5 Å². The van der Waals surface area contributed by atoms with Crippen LogP contribution in [0, 0.1) is 0 Å². The largest absolute Gasteiger partial charge is 0.497 e. The minimum atomic E-state index is 0.686. The normalized spacial score (nSPS) is 10.4. The highest BCUT2D eigenvalue weighted by Gasteiger charge is 2.03. The number of anilines is 1. The van der Waals surface area contributed by atoms with Crippen LogP contribution in [0.15, 0.2) is 48.9 Å². The standard InChI is InChI=1S/C15H14N4O/c1-20-12-6-4-11(5-7-12)9-17-15-13-3-2-8-16-14(13)18-10-19-15/h2-8,10H,9H2,1H3,(H,16,17,18,19). The second kappa shape index (κ2) is 5.52. The summed E-state index contributed by atoms with van der Waals surface area (Å²) in [5, 5.41) is 4.23. The van der Waals surface area contributed by atoms with Crippen LogP contribution in [0.25, 0.3) is 11.0 Å². The number of methoxy groups -OCH3 is 1. The summed E-state index contributed by atoms with van der Waals surface area (Å²) in [5.74, 6) is 1.64. The highest BCUT2D eigenvalue weighted by Crippen LogP contribution is 2.18. The Hall–Kier alpha value is -2.69. The molecule has 20 heavy (non-hydrogen) atoms. The van der Waals surface area contributed by atoms with Gasteiger partial charge in [-0.3, -0.25) is 0 Å².